The number of hydrogen-bond acceptors (Lipinski definition) is 5. The maximum absolute atomic E-state index is 13.1. The van der Waals surface area contributed by atoms with Gasteiger partial charge in [0.1, 0.15) is 17.4 Å². The number of aromatic nitrogens is 3. The summed E-state index contributed by atoms with van der Waals surface area (Å²) in [5.74, 6) is 3.98. The Morgan fingerprint density at radius 2 is 1.93 bits per heavy atom. The number of amides is 1. The number of hydrogen-bond donors (Lipinski definition) is 1. The van der Waals surface area contributed by atoms with Gasteiger partial charge in [-0.15, -0.1) is 10.2 Å². The maximum atomic E-state index is 13.1. The minimum absolute atomic E-state index is 0.0809. The van der Waals surface area contributed by atoms with Crippen molar-refractivity contribution in [3.05, 3.63) is 41.5 Å². The first-order chi connectivity index (χ1) is 13.8. The van der Waals surface area contributed by atoms with Crippen molar-refractivity contribution in [1.29, 1.82) is 0 Å². The van der Waals surface area contributed by atoms with Crippen LogP contribution in [0.25, 0.3) is 0 Å². The molecule has 1 saturated carbocycles. The topological polar surface area (TPSA) is 72.3 Å². The average molecular weight is 381 g/mol. The molecule has 1 aromatic carbocycles. The largest absolute Gasteiger partial charge is 0.492 e. The van der Waals surface area contributed by atoms with E-state index in [0.717, 1.165) is 69.6 Å². The van der Waals surface area contributed by atoms with Crippen molar-refractivity contribution < 1.29 is 9.53 Å². The lowest BCUT2D eigenvalue weighted by molar-refractivity contribution is 0.0705. The van der Waals surface area contributed by atoms with Gasteiger partial charge in [0.25, 0.3) is 5.91 Å². The lowest BCUT2D eigenvalue weighted by Crippen LogP contribution is -2.39. The maximum Gasteiger partial charge on any atom is 0.257 e. The molecular formula is C21H27N5O2. The van der Waals surface area contributed by atoms with Crippen LogP contribution in [-0.2, 0) is 13.1 Å². The molecular weight excluding hydrogens is 354 g/mol. The van der Waals surface area contributed by atoms with Gasteiger partial charge in [0.15, 0.2) is 0 Å². The number of benzene rings is 1. The van der Waals surface area contributed by atoms with Gasteiger partial charge in [-0.1, -0.05) is 12.1 Å². The number of nitrogens with zero attached hydrogens (tertiary/aromatic N) is 4. The predicted molar refractivity (Wildman–Crippen MR) is 104 cm³/mol. The normalized spacial score (nSPS) is 20.1. The molecule has 1 amide bonds. The van der Waals surface area contributed by atoms with Crippen LogP contribution in [0, 0.1) is 5.92 Å². The van der Waals surface area contributed by atoms with E-state index in [0.29, 0.717) is 17.4 Å². The Balaban J connectivity index is 1.24. The van der Waals surface area contributed by atoms with Gasteiger partial charge in [-0.2, -0.15) is 0 Å². The third kappa shape index (κ3) is 3.51. The summed E-state index contributed by atoms with van der Waals surface area (Å²) in [6.45, 7) is 4.92. The Labute approximate surface area is 165 Å². The summed E-state index contributed by atoms with van der Waals surface area (Å²) >= 11 is 0. The number of fused-ring (bicyclic) bond motifs is 1. The zero-order valence-electron chi connectivity index (χ0n) is 16.1. The first-order valence-corrected chi connectivity index (χ1v) is 10.4. The number of piperidine rings is 1. The Kier molecular flexibility index (Phi) is 4.76. The summed E-state index contributed by atoms with van der Waals surface area (Å²) in [4.78, 5) is 15.1. The van der Waals surface area contributed by atoms with Crippen LogP contribution in [0.4, 0.5) is 0 Å². The third-order valence-electron chi connectivity index (χ3n) is 6.09. The summed E-state index contributed by atoms with van der Waals surface area (Å²) in [5.41, 5.74) is 0.688. The molecule has 2 aliphatic heterocycles. The summed E-state index contributed by atoms with van der Waals surface area (Å²) < 4.78 is 8.20. The SMILES string of the molecule is O=C(c1ccccc1OCC1CC1)N1CCC(c2nnc3n2CCNC3)CC1. The zero-order valence-corrected chi connectivity index (χ0v) is 16.1. The van der Waals surface area contributed by atoms with Crippen LogP contribution in [0.5, 0.6) is 5.75 Å². The van der Waals surface area contributed by atoms with E-state index in [2.05, 4.69) is 20.1 Å². The summed E-state index contributed by atoms with van der Waals surface area (Å²) in [6.07, 6.45) is 4.35. The van der Waals surface area contributed by atoms with Crippen LogP contribution < -0.4 is 10.1 Å². The monoisotopic (exact) mass is 381 g/mol. The van der Waals surface area contributed by atoms with E-state index in [9.17, 15) is 4.79 Å². The molecule has 7 nitrogen and oxygen atoms in total. The van der Waals surface area contributed by atoms with Crippen molar-refractivity contribution in [2.45, 2.75) is 44.7 Å². The quantitative estimate of drug-likeness (QED) is 0.860. The van der Waals surface area contributed by atoms with Crippen LogP contribution in [0.3, 0.4) is 0 Å². The van der Waals surface area contributed by atoms with Crippen LogP contribution >= 0.6 is 0 Å². The fourth-order valence-corrected chi connectivity index (χ4v) is 4.19. The fourth-order valence-electron chi connectivity index (χ4n) is 4.19. The molecule has 2 fully saturated rings. The minimum Gasteiger partial charge on any atom is -0.492 e. The predicted octanol–water partition coefficient (Wildman–Crippen LogP) is 2.19. The average Bonchev–Trinajstić information content (AvgIpc) is 3.49. The van der Waals surface area contributed by atoms with E-state index >= 15 is 0 Å². The molecule has 1 aliphatic carbocycles. The van der Waals surface area contributed by atoms with Gasteiger partial charge in [0.05, 0.1) is 18.7 Å². The van der Waals surface area contributed by atoms with Crippen LogP contribution in [0.2, 0.25) is 0 Å². The molecule has 7 heteroatoms. The Hall–Kier alpha value is -2.41. The van der Waals surface area contributed by atoms with E-state index < -0.39 is 0 Å². The van der Waals surface area contributed by atoms with E-state index in [4.69, 9.17) is 4.74 Å². The molecule has 0 spiro atoms. The highest BCUT2D eigenvalue weighted by Gasteiger charge is 2.30. The molecule has 5 rings (SSSR count). The van der Waals surface area contributed by atoms with Crippen LogP contribution in [0.15, 0.2) is 24.3 Å². The van der Waals surface area contributed by atoms with Gasteiger partial charge in [0, 0.05) is 32.1 Å². The van der Waals surface area contributed by atoms with E-state index in [1.807, 2.05) is 29.2 Å². The number of carbonyl (C=O) groups excluding carboxylic acids is 1. The van der Waals surface area contributed by atoms with E-state index in [1.54, 1.807) is 0 Å². The smallest absolute Gasteiger partial charge is 0.257 e. The molecule has 1 N–H and O–H groups in total. The van der Waals surface area contributed by atoms with Crippen LogP contribution in [-0.4, -0.2) is 51.8 Å². The van der Waals surface area contributed by atoms with Crippen molar-refractivity contribution in [1.82, 2.24) is 25.0 Å². The van der Waals surface area contributed by atoms with Crippen molar-refractivity contribution in [3.8, 4) is 5.75 Å². The molecule has 1 aromatic heterocycles. The highest BCUT2D eigenvalue weighted by atomic mass is 16.5. The number of carbonyl (C=O) groups is 1. The number of para-hydroxylation sites is 1. The fraction of sp³-hybridized carbons (Fsp3) is 0.571. The van der Waals surface area contributed by atoms with Crippen molar-refractivity contribution in [2.24, 2.45) is 5.92 Å². The molecule has 0 unspecified atom stereocenters. The molecule has 28 heavy (non-hydrogen) atoms. The standard InChI is InChI=1S/C21H27N5O2/c27-21(17-3-1-2-4-18(17)28-14-15-5-6-15)25-10-7-16(8-11-25)20-24-23-19-13-22-9-12-26(19)20/h1-4,15-16,22H,5-14H2. The molecule has 148 valence electrons. The number of nitrogens with one attached hydrogen (secondary N) is 1. The van der Waals surface area contributed by atoms with Gasteiger partial charge in [-0.05, 0) is 43.7 Å². The Bertz CT molecular complexity index is 852. The second-order valence-electron chi connectivity index (χ2n) is 8.12. The third-order valence-corrected chi connectivity index (χ3v) is 6.09. The zero-order chi connectivity index (χ0) is 18.9. The molecule has 3 aliphatic rings. The lowest BCUT2D eigenvalue weighted by Gasteiger charge is -2.32. The van der Waals surface area contributed by atoms with Crippen molar-refractivity contribution in [3.63, 3.8) is 0 Å². The summed E-state index contributed by atoms with van der Waals surface area (Å²) in [6, 6.07) is 7.66. The first kappa shape index (κ1) is 17.7. The van der Waals surface area contributed by atoms with Gasteiger partial charge in [-0.25, -0.2) is 0 Å². The van der Waals surface area contributed by atoms with Gasteiger partial charge in [0.2, 0.25) is 0 Å². The van der Waals surface area contributed by atoms with E-state index in [-0.39, 0.29) is 5.91 Å². The Morgan fingerprint density at radius 3 is 2.75 bits per heavy atom. The molecule has 2 aromatic rings. The van der Waals surface area contributed by atoms with Crippen molar-refractivity contribution in [2.75, 3.05) is 26.2 Å². The van der Waals surface area contributed by atoms with Crippen LogP contribution in [0.1, 0.15) is 53.6 Å². The first-order valence-electron chi connectivity index (χ1n) is 10.4. The second-order valence-corrected chi connectivity index (χ2v) is 8.12. The summed E-state index contributed by atoms with van der Waals surface area (Å²) in [7, 11) is 0. The second kappa shape index (κ2) is 7.54. The van der Waals surface area contributed by atoms with Gasteiger partial charge in [-0.3, -0.25) is 4.79 Å². The van der Waals surface area contributed by atoms with Gasteiger partial charge >= 0.3 is 0 Å². The molecule has 0 bridgehead atoms. The number of ether oxygens (including phenoxy) is 1. The lowest BCUT2D eigenvalue weighted by atomic mass is 9.95. The minimum atomic E-state index is 0.0809. The number of rotatable bonds is 5. The molecule has 1 saturated heterocycles. The molecule has 3 heterocycles. The number of likely N-dealkylation sites (tertiary alicyclic amines) is 1. The molecule has 0 atom stereocenters. The highest BCUT2D eigenvalue weighted by Crippen LogP contribution is 2.32. The Morgan fingerprint density at radius 1 is 1.11 bits per heavy atom. The summed E-state index contributed by atoms with van der Waals surface area (Å²) in [5, 5.41) is 12.1. The van der Waals surface area contributed by atoms with Gasteiger partial charge < -0.3 is 19.5 Å². The van der Waals surface area contributed by atoms with Crippen molar-refractivity contribution >= 4 is 5.91 Å². The van der Waals surface area contributed by atoms with E-state index in [1.165, 1.54) is 12.8 Å². The highest BCUT2D eigenvalue weighted by molar-refractivity contribution is 5.97. The molecule has 0 radical (unpaired) electrons.